The zero-order chi connectivity index (χ0) is 21.0. The maximum Gasteiger partial charge on any atom is 0.340 e. The Morgan fingerprint density at radius 3 is 2.59 bits per heavy atom. The van der Waals surface area contributed by atoms with Crippen LogP contribution < -0.4 is 4.74 Å². The lowest BCUT2D eigenvalue weighted by Crippen LogP contribution is -2.40. The molecule has 1 saturated heterocycles. The molecule has 1 fully saturated rings. The van der Waals surface area contributed by atoms with Crippen LogP contribution >= 0.6 is 11.6 Å². The number of rotatable bonds is 6. The van der Waals surface area contributed by atoms with E-state index in [-0.39, 0.29) is 40.9 Å². The van der Waals surface area contributed by atoms with Crippen LogP contribution in [-0.2, 0) is 26.1 Å². The minimum absolute atomic E-state index is 0.0526. The normalized spacial score (nSPS) is 15.1. The number of hydrogen-bond acceptors (Lipinski definition) is 6. The largest absolute Gasteiger partial charge is 0.494 e. The SMILES string of the molecule is COc1ccc(COC(=O)c2cc(S(=O)(=O)N3CCOCC3)ccc2Cl)cc1F. The van der Waals surface area contributed by atoms with Crippen molar-refractivity contribution >= 4 is 27.6 Å². The van der Waals surface area contributed by atoms with Gasteiger partial charge in [-0.3, -0.25) is 0 Å². The molecule has 10 heteroatoms. The minimum Gasteiger partial charge on any atom is -0.494 e. The Bertz CT molecular complexity index is 1010. The molecule has 1 heterocycles. The highest BCUT2D eigenvalue weighted by atomic mass is 35.5. The molecule has 0 aromatic heterocycles. The quantitative estimate of drug-likeness (QED) is 0.638. The number of morpholine rings is 1. The average molecular weight is 444 g/mol. The van der Waals surface area contributed by atoms with Gasteiger partial charge in [-0.05, 0) is 35.9 Å². The predicted molar refractivity (Wildman–Crippen MR) is 103 cm³/mol. The number of carbonyl (C=O) groups excluding carboxylic acids is 1. The summed E-state index contributed by atoms with van der Waals surface area (Å²) in [4.78, 5) is 12.4. The summed E-state index contributed by atoms with van der Waals surface area (Å²) in [6.45, 7) is 0.859. The standard InChI is InChI=1S/C19H19ClFNO6S/c1-26-18-5-2-13(10-17(18)21)12-28-19(23)15-11-14(3-4-16(15)20)29(24,25)22-6-8-27-9-7-22/h2-5,10-11H,6-9,12H2,1H3. The van der Waals surface area contributed by atoms with Gasteiger partial charge >= 0.3 is 5.97 Å². The van der Waals surface area contributed by atoms with Gasteiger partial charge in [-0.25, -0.2) is 17.6 Å². The van der Waals surface area contributed by atoms with Crippen molar-refractivity contribution in [3.05, 3.63) is 58.4 Å². The fourth-order valence-corrected chi connectivity index (χ4v) is 4.41. The van der Waals surface area contributed by atoms with Crippen molar-refractivity contribution in [3.63, 3.8) is 0 Å². The van der Waals surface area contributed by atoms with E-state index in [2.05, 4.69) is 0 Å². The van der Waals surface area contributed by atoms with Crippen LogP contribution in [0.2, 0.25) is 5.02 Å². The summed E-state index contributed by atoms with van der Waals surface area (Å²) in [5, 5.41) is 0.0526. The summed E-state index contributed by atoms with van der Waals surface area (Å²) in [6.07, 6.45) is 0. The molecule has 2 aromatic carbocycles. The van der Waals surface area contributed by atoms with E-state index in [0.717, 1.165) is 0 Å². The van der Waals surface area contributed by atoms with Crippen molar-refractivity contribution in [1.82, 2.24) is 4.31 Å². The molecule has 0 spiro atoms. The number of benzene rings is 2. The van der Waals surface area contributed by atoms with Crippen molar-refractivity contribution < 1.29 is 31.8 Å². The number of esters is 1. The van der Waals surface area contributed by atoms with E-state index in [0.29, 0.717) is 18.8 Å². The molecule has 2 aromatic rings. The van der Waals surface area contributed by atoms with Gasteiger partial charge in [0.25, 0.3) is 0 Å². The fraction of sp³-hybridized carbons (Fsp3) is 0.316. The van der Waals surface area contributed by atoms with Gasteiger partial charge in [0.1, 0.15) is 6.61 Å². The van der Waals surface area contributed by atoms with Gasteiger partial charge in [0.15, 0.2) is 11.6 Å². The monoisotopic (exact) mass is 443 g/mol. The molecule has 0 bridgehead atoms. The molecule has 3 rings (SSSR count). The molecule has 0 atom stereocenters. The lowest BCUT2D eigenvalue weighted by atomic mass is 10.2. The molecule has 156 valence electrons. The Hall–Kier alpha value is -2.20. The fourth-order valence-electron chi connectivity index (χ4n) is 2.78. The van der Waals surface area contributed by atoms with Gasteiger partial charge in [0.2, 0.25) is 10.0 Å². The van der Waals surface area contributed by atoms with E-state index in [1.165, 1.54) is 41.7 Å². The van der Waals surface area contributed by atoms with Crippen LogP contribution in [0.4, 0.5) is 4.39 Å². The molecule has 0 amide bonds. The first kappa shape index (κ1) is 21.5. The van der Waals surface area contributed by atoms with Gasteiger partial charge < -0.3 is 14.2 Å². The Kier molecular flexibility index (Phi) is 6.74. The molecule has 0 radical (unpaired) electrons. The Morgan fingerprint density at radius 1 is 1.21 bits per heavy atom. The summed E-state index contributed by atoms with van der Waals surface area (Å²) < 4.78 is 55.8. The zero-order valence-electron chi connectivity index (χ0n) is 15.6. The Morgan fingerprint density at radius 2 is 1.93 bits per heavy atom. The topological polar surface area (TPSA) is 82.1 Å². The highest BCUT2D eigenvalue weighted by molar-refractivity contribution is 7.89. The second-order valence-electron chi connectivity index (χ2n) is 6.20. The first-order valence-corrected chi connectivity index (χ1v) is 10.5. The first-order valence-electron chi connectivity index (χ1n) is 8.70. The molecule has 0 N–H and O–H groups in total. The molecule has 0 unspecified atom stereocenters. The number of ether oxygens (including phenoxy) is 3. The third-order valence-electron chi connectivity index (χ3n) is 4.35. The van der Waals surface area contributed by atoms with Crippen molar-refractivity contribution in [3.8, 4) is 5.75 Å². The molecular weight excluding hydrogens is 425 g/mol. The van der Waals surface area contributed by atoms with E-state index < -0.39 is 21.8 Å². The van der Waals surface area contributed by atoms with Gasteiger partial charge in [-0.2, -0.15) is 4.31 Å². The number of carbonyl (C=O) groups is 1. The number of halogens is 2. The second kappa shape index (κ2) is 9.08. The number of sulfonamides is 1. The maximum atomic E-state index is 13.8. The van der Waals surface area contributed by atoms with Crippen LogP contribution in [0.1, 0.15) is 15.9 Å². The molecule has 0 aliphatic carbocycles. The maximum absolute atomic E-state index is 13.8. The lowest BCUT2D eigenvalue weighted by Gasteiger charge is -2.26. The van der Waals surface area contributed by atoms with E-state index in [9.17, 15) is 17.6 Å². The zero-order valence-corrected chi connectivity index (χ0v) is 17.1. The third kappa shape index (κ3) is 4.87. The summed E-state index contributed by atoms with van der Waals surface area (Å²) in [5.41, 5.74) is 0.319. The van der Waals surface area contributed by atoms with Crippen molar-refractivity contribution in [2.24, 2.45) is 0 Å². The van der Waals surface area contributed by atoms with Crippen molar-refractivity contribution in [2.45, 2.75) is 11.5 Å². The summed E-state index contributed by atoms with van der Waals surface area (Å²) in [5.74, 6) is -1.33. The van der Waals surface area contributed by atoms with Crippen LogP contribution in [0.5, 0.6) is 5.75 Å². The van der Waals surface area contributed by atoms with Gasteiger partial charge in [0.05, 0.1) is 35.8 Å². The molecule has 1 aliphatic heterocycles. The Balaban J connectivity index is 1.77. The van der Waals surface area contributed by atoms with Crippen LogP contribution in [0.15, 0.2) is 41.3 Å². The van der Waals surface area contributed by atoms with E-state index >= 15 is 0 Å². The van der Waals surface area contributed by atoms with E-state index in [1.54, 1.807) is 6.07 Å². The van der Waals surface area contributed by atoms with Gasteiger partial charge in [-0.15, -0.1) is 0 Å². The van der Waals surface area contributed by atoms with Crippen LogP contribution in [-0.4, -0.2) is 52.1 Å². The highest BCUT2D eigenvalue weighted by Gasteiger charge is 2.28. The van der Waals surface area contributed by atoms with E-state index in [1.807, 2.05) is 0 Å². The molecule has 7 nitrogen and oxygen atoms in total. The van der Waals surface area contributed by atoms with Crippen molar-refractivity contribution in [1.29, 1.82) is 0 Å². The number of hydrogen-bond donors (Lipinski definition) is 0. The van der Waals surface area contributed by atoms with Crippen LogP contribution in [0, 0.1) is 5.82 Å². The summed E-state index contributed by atoms with van der Waals surface area (Å²) >= 11 is 6.07. The smallest absolute Gasteiger partial charge is 0.340 e. The average Bonchev–Trinajstić information content (AvgIpc) is 2.73. The van der Waals surface area contributed by atoms with Crippen LogP contribution in [0.25, 0.3) is 0 Å². The molecular formula is C19H19ClFNO6S. The minimum atomic E-state index is -3.79. The molecule has 29 heavy (non-hydrogen) atoms. The number of nitrogens with zero attached hydrogens (tertiary/aromatic N) is 1. The number of methoxy groups -OCH3 is 1. The summed E-state index contributed by atoms with van der Waals surface area (Å²) in [7, 11) is -2.45. The van der Waals surface area contributed by atoms with Crippen LogP contribution in [0.3, 0.4) is 0 Å². The second-order valence-corrected chi connectivity index (χ2v) is 8.55. The van der Waals surface area contributed by atoms with Gasteiger partial charge in [0, 0.05) is 13.1 Å². The molecule has 1 aliphatic rings. The third-order valence-corrected chi connectivity index (χ3v) is 6.58. The Labute approximate surface area is 173 Å². The lowest BCUT2D eigenvalue weighted by molar-refractivity contribution is 0.0472. The predicted octanol–water partition coefficient (Wildman–Crippen LogP) is 2.87. The first-order chi connectivity index (χ1) is 13.8. The van der Waals surface area contributed by atoms with E-state index in [4.69, 9.17) is 25.8 Å². The van der Waals surface area contributed by atoms with Crippen molar-refractivity contribution in [2.75, 3.05) is 33.4 Å². The molecule has 0 saturated carbocycles. The summed E-state index contributed by atoms with van der Waals surface area (Å²) in [6, 6.07) is 8.01. The van der Waals surface area contributed by atoms with Gasteiger partial charge in [-0.1, -0.05) is 17.7 Å². The highest BCUT2D eigenvalue weighted by Crippen LogP contribution is 2.25.